The highest BCUT2D eigenvalue weighted by atomic mass is 32.1. The molecule has 3 heteroatoms. The quantitative estimate of drug-likeness (QED) is 0.353. The molecule has 0 radical (unpaired) electrons. The second-order valence-corrected chi connectivity index (χ2v) is 4.18. The van der Waals surface area contributed by atoms with Crippen LogP contribution in [0.3, 0.4) is 0 Å². The monoisotopic (exact) mass is 269 g/mol. The van der Waals surface area contributed by atoms with Gasteiger partial charge in [0.2, 0.25) is 0 Å². The highest BCUT2D eigenvalue weighted by Crippen LogP contribution is 2.14. The molecule has 0 spiro atoms. The number of benzene rings is 2. The lowest BCUT2D eigenvalue weighted by Crippen LogP contribution is -2.26. The van der Waals surface area contributed by atoms with E-state index in [1.807, 2.05) is 48.5 Å². The van der Waals surface area contributed by atoms with Gasteiger partial charge in [0.1, 0.15) is 0 Å². The minimum atomic E-state index is -0.673. The van der Waals surface area contributed by atoms with Crippen LogP contribution in [-0.4, -0.2) is 11.8 Å². The summed E-state index contributed by atoms with van der Waals surface area (Å²) < 4.78 is 13.4. The van der Waals surface area contributed by atoms with Gasteiger partial charge >= 0.3 is 0 Å². The molecule has 94 valence electrons. The highest BCUT2D eigenvalue weighted by molar-refractivity contribution is 7.80. The molecule has 0 saturated carbocycles. The Morgan fingerprint density at radius 1 is 1.00 bits per heavy atom. The van der Waals surface area contributed by atoms with Crippen molar-refractivity contribution in [2.75, 3.05) is 11.4 Å². The van der Waals surface area contributed by atoms with Gasteiger partial charge in [-0.1, -0.05) is 48.2 Å². The third-order valence-corrected chi connectivity index (χ3v) is 2.74. The molecule has 2 aromatic rings. The number of halogens is 1. The lowest BCUT2D eigenvalue weighted by Gasteiger charge is -2.17. The molecule has 0 aromatic heterocycles. The summed E-state index contributed by atoms with van der Waals surface area (Å²) in [5.41, 5.74) is 1.61. The molecule has 0 N–H and O–H groups in total. The van der Waals surface area contributed by atoms with Crippen LogP contribution in [0.5, 0.6) is 0 Å². The molecule has 0 heterocycles. The standard InChI is InChI=1S/C16H12FNS/c17-16(19)18(15-11-5-2-6-12-15)13-7-10-14-8-3-1-4-9-14/h1-6,8-9,11-12H,13H2. The number of anilines is 1. The van der Waals surface area contributed by atoms with E-state index >= 15 is 0 Å². The summed E-state index contributed by atoms with van der Waals surface area (Å²) >= 11 is 4.62. The van der Waals surface area contributed by atoms with E-state index in [2.05, 4.69) is 24.1 Å². The fourth-order valence-corrected chi connectivity index (χ4v) is 1.77. The normalized spacial score (nSPS) is 9.32. The highest BCUT2D eigenvalue weighted by Gasteiger charge is 2.08. The SMILES string of the molecule is FC(=S)N(CC#Cc1ccccc1)c1ccccc1. The van der Waals surface area contributed by atoms with E-state index in [-0.39, 0.29) is 6.54 Å². The van der Waals surface area contributed by atoms with Crippen LogP contribution in [0.1, 0.15) is 5.56 Å². The first kappa shape index (κ1) is 13.3. The predicted molar refractivity (Wildman–Crippen MR) is 80.8 cm³/mol. The van der Waals surface area contributed by atoms with Crippen LogP contribution >= 0.6 is 12.2 Å². The van der Waals surface area contributed by atoms with Crippen molar-refractivity contribution in [1.82, 2.24) is 0 Å². The molecule has 0 unspecified atom stereocenters. The fourth-order valence-electron chi connectivity index (χ4n) is 1.61. The van der Waals surface area contributed by atoms with Crippen molar-refractivity contribution in [1.29, 1.82) is 0 Å². The summed E-state index contributed by atoms with van der Waals surface area (Å²) in [5, 5.41) is -0.673. The van der Waals surface area contributed by atoms with Gasteiger partial charge in [-0.15, -0.1) is 0 Å². The van der Waals surface area contributed by atoms with Crippen LogP contribution in [0.4, 0.5) is 10.1 Å². The number of thiocarbonyl (C=S) groups is 1. The van der Waals surface area contributed by atoms with E-state index in [4.69, 9.17) is 0 Å². The smallest absolute Gasteiger partial charge is 0.260 e. The van der Waals surface area contributed by atoms with Crippen LogP contribution in [0, 0.1) is 11.8 Å². The minimum Gasteiger partial charge on any atom is -0.297 e. The van der Waals surface area contributed by atoms with Gasteiger partial charge in [0.05, 0.1) is 6.54 Å². The molecule has 0 atom stereocenters. The van der Waals surface area contributed by atoms with E-state index in [0.29, 0.717) is 5.69 Å². The maximum Gasteiger partial charge on any atom is 0.260 e. The fraction of sp³-hybridized carbons (Fsp3) is 0.0625. The molecule has 2 aromatic carbocycles. The summed E-state index contributed by atoms with van der Waals surface area (Å²) in [6.45, 7) is 0.230. The first-order valence-electron chi connectivity index (χ1n) is 5.83. The van der Waals surface area contributed by atoms with Crippen LogP contribution in [0.15, 0.2) is 60.7 Å². The van der Waals surface area contributed by atoms with Crippen LogP contribution < -0.4 is 4.90 Å². The summed E-state index contributed by atoms with van der Waals surface area (Å²) in [7, 11) is 0. The van der Waals surface area contributed by atoms with Crippen molar-refractivity contribution in [2.24, 2.45) is 0 Å². The van der Waals surface area contributed by atoms with Crippen molar-refractivity contribution in [3.8, 4) is 11.8 Å². The van der Waals surface area contributed by atoms with Gasteiger partial charge in [-0.3, -0.25) is 4.90 Å². The average molecular weight is 269 g/mol. The zero-order valence-electron chi connectivity index (χ0n) is 10.2. The van der Waals surface area contributed by atoms with Crippen molar-refractivity contribution < 1.29 is 4.39 Å². The number of nitrogens with zero attached hydrogens (tertiary/aromatic N) is 1. The van der Waals surface area contributed by atoms with Gasteiger partial charge in [0.25, 0.3) is 5.24 Å². The van der Waals surface area contributed by atoms with Gasteiger partial charge < -0.3 is 0 Å². The van der Waals surface area contributed by atoms with Crippen LogP contribution in [-0.2, 0) is 0 Å². The van der Waals surface area contributed by atoms with Crippen molar-refractivity contribution in [3.05, 3.63) is 66.2 Å². The molecular formula is C16H12FNS. The minimum absolute atomic E-state index is 0.230. The van der Waals surface area contributed by atoms with Gasteiger partial charge in [-0.05, 0) is 36.5 Å². The summed E-state index contributed by atoms with van der Waals surface area (Å²) in [4.78, 5) is 1.37. The first-order chi connectivity index (χ1) is 9.27. The Morgan fingerprint density at radius 3 is 2.16 bits per heavy atom. The second-order valence-electron chi connectivity index (χ2n) is 3.84. The molecule has 0 aliphatic rings. The zero-order valence-corrected chi connectivity index (χ0v) is 11.0. The van der Waals surface area contributed by atoms with Crippen LogP contribution in [0.25, 0.3) is 0 Å². The topological polar surface area (TPSA) is 3.24 Å². The van der Waals surface area contributed by atoms with E-state index in [1.54, 1.807) is 12.1 Å². The molecule has 0 fully saturated rings. The number of para-hydroxylation sites is 1. The molecule has 19 heavy (non-hydrogen) atoms. The van der Waals surface area contributed by atoms with Gasteiger partial charge in [0, 0.05) is 11.3 Å². The number of hydrogen-bond donors (Lipinski definition) is 0. The number of rotatable bonds is 2. The van der Waals surface area contributed by atoms with E-state index < -0.39 is 5.24 Å². The summed E-state index contributed by atoms with van der Waals surface area (Å²) in [5.74, 6) is 5.91. The van der Waals surface area contributed by atoms with Crippen molar-refractivity contribution in [2.45, 2.75) is 0 Å². The van der Waals surface area contributed by atoms with E-state index in [0.717, 1.165) is 5.56 Å². The van der Waals surface area contributed by atoms with Gasteiger partial charge in [-0.25, -0.2) is 0 Å². The van der Waals surface area contributed by atoms with Crippen LogP contribution in [0.2, 0.25) is 0 Å². The first-order valence-corrected chi connectivity index (χ1v) is 6.24. The molecular weight excluding hydrogens is 257 g/mol. The molecule has 0 amide bonds. The Balaban J connectivity index is 2.12. The Labute approximate surface area is 117 Å². The molecule has 0 aliphatic heterocycles. The van der Waals surface area contributed by atoms with E-state index in [1.165, 1.54) is 4.90 Å². The maximum atomic E-state index is 13.4. The third-order valence-electron chi connectivity index (χ3n) is 2.52. The van der Waals surface area contributed by atoms with Gasteiger partial charge in [-0.2, -0.15) is 4.39 Å². The predicted octanol–water partition coefficient (Wildman–Crippen LogP) is 3.80. The summed E-state index contributed by atoms with van der Waals surface area (Å²) in [6, 6.07) is 18.7. The Bertz CT molecular complexity index is 599. The lowest BCUT2D eigenvalue weighted by atomic mass is 10.2. The van der Waals surface area contributed by atoms with Crippen molar-refractivity contribution >= 4 is 23.1 Å². The second kappa shape index (κ2) is 6.67. The molecule has 2 rings (SSSR count). The van der Waals surface area contributed by atoms with E-state index in [9.17, 15) is 4.39 Å². The largest absolute Gasteiger partial charge is 0.297 e. The lowest BCUT2D eigenvalue weighted by molar-refractivity contribution is 0.793. The molecule has 0 aliphatic carbocycles. The molecule has 1 nitrogen and oxygen atoms in total. The summed E-state index contributed by atoms with van der Waals surface area (Å²) in [6.07, 6.45) is 0. The Hall–Kier alpha value is -2.18. The Kier molecular flexibility index (Phi) is 4.66. The number of hydrogen-bond acceptors (Lipinski definition) is 1. The molecule has 0 saturated heterocycles. The van der Waals surface area contributed by atoms with Crippen molar-refractivity contribution in [3.63, 3.8) is 0 Å². The van der Waals surface area contributed by atoms with Gasteiger partial charge in [0.15, 0.2) is 0 Å². The maximum absolute atomic E-state index is 13.4. The zero-order chi connectivity index (χ0) is 13.5. The molecule has 0 bridgehead atoms. The Morgan fingerprint density at radius 2 is 1.58 bits per heavy atom. The third kappa shape index (κ3) is 3.90. The average Bonchev–Trinajstić information content (AvgIpc) is 2.45.